The van der Waals surface area contributed by atoms with Crippen molar-refractivity contribution in [3.63, 3.8) is 0 Å². The normalized spacial score (nSPS) is 22.0. The average molecular weight is 629 g/mol. The summed E-state index contributed by atoms with van der Waals surface area (Å²) < 4.78 is 72.0. The molecule has 0 saturated carbocycles. The number of nitrogens with zero attached hydrogens (tertiary/aromatic N) is 4. The number of nitrogens with two attached hydrogens (primary N) is 1. The number of aromatic nitrogens is 4. The average Bonchev–Trinajstić information content (AvgIpc) is 3.17. The van der Waals surface area contributed by atoms with E-state index in [2.05, 4.69) is 15.0 Å². The maximum absolute atomic E-state index is 13.3. The molecule has 4 atom stereocenters. The summed E-state index contributed by atoms with van der Waals surface area (Å²) in [5.41, 5.74) is 4.90. The van der Waals surface area contributed by atoms with Gasteiger partial charge in [0.25, 0.3) is 0 Å². The first-order valence-corrected chi connectivity index (χ1v) is 13.5. The first kappa shape index (κ1) is 36.3. The van der Waals surface area contributed by atoms with Crippen LogP contribution in [-0.4, -0.2) is 104 Å². The van der Waals surface area contributed by atoms with Gasteiger partial charge in [0.15, 0.2) is 23.2 Å². The Morgan fingerprint density at radius 3 is 1.66 bits per heavy atom. The highest BCUT2D eigenvalue weighted by Crippen LogP contribution is 2.38. The van der Waals surface area contributed by atoms with Crippen molar-refractivity contribution in [3.05, 3.63) is 12.2 Å². The van der Waals surface area contributed by atoms with Crippen LogP contribution in [0.25, 0.3) is 11.2 Å². The molecule has 2 aromatic rings. The van der Waals surface area contributed by atoms with Crippen LogP contribution in [0.4, 0.5) is 19.0 Å². The van der Waals surface area contributed by atoms with E-state index in [4.69, 9.17) is 73.3 Å². The van der Waals surface area contributed by atoms with Gasteiger partial charge in [0, 0.05) is 0 Å². The molecule has 222 valence electrons. The van der Waals surface area contributed by atoms with E-state index < -0.39 is 66.6 Å². The fraction of sp³-hybridized carbons (Fsp3) is 0.545. The first-order valence-electron chi connectivity index (χ1n) is 8.78. The molecule has 0 unspecified atom stereocenters. The predicted molar refractivity (Wildman–Crippen MR) is 111 cm³/mol. The summed E-state index contributed by atoms with van der Waals surface area (Å²) in [4.78, 5) is 75.4. The Morgan fingerprint density at radius 1 is 0.895 bits per heavy atom. The second-order valence-electron chi connectivity index (χ2n) is 6.50. The second-order valence-corrected chi connectivity index (χ2v) is 9.58. The van der Waals surface area contributed by atoms with Gasteiger partial charge in [-0.25, -0.2) is 28.6 Å². The lowest BCUT2D eigenvalue weighted by Crippen LogP contribution is -2.33. The third-order valence-corrected chi connectivity index (χ3v) is 3.53. The number of rotatable bonds is 2. The third-order valence-electron chi connectivity index (χ3n) is 3.53. The van der Waals surface area contributed by atoms with Gasteiger partial charge in [0.05, 0.1) is 6.61 Å². The number of hydrogen-bond donors (Lipinski definition) is 13. The Morgan fingerprint density at radius 2 is 1.32 bits per heavy atom. The Labute approximate surface area is 207 Å². The van der Waals surface area contributed by atoms with E-state index in [1.807, 2.05) is 0 Å². The third kappa shape index (κ3) is 13.9. The molecule has 14 N–H and O–H groups in total. The summed E-state index contributed by atoms with van der Waals surface area (Å²) in [6, 6.07) is 0. The number of fused-ring (bicyclic) bond motifs is 1. The largest absolute Gasteiger partial charge is 0.466 e. The molecule has 38 heavy (non-hydrogen) atoms. The number of imidazole rings is 1. The number of aliphatic hydroxyl groups excluding tert-OH is 3. The number of hydrogen-bond acceptors (Lipinski definition) is 11. The molecule has 0 aromatic carbocycles. The molecule has 0 spiro atoms. The van der Waals surface area contributed by atoms with E-state index in [0.717, 1.165) is 6.33 Å². The Balaban J connectivity index is 0.000000751. The zero-order chi connectivity index (χ0) is 30.4. The van der Waals surface area contributed by atoms with Gasteiger partial charge >= 0.3 is 29.6 Å². The number of anilines is 1. The van der Waals surface area contributed by atoms with E-state index in [1.54, 1.807) is 0 Å². The molecular weight excluding hydrogens is 608 g/mol. The molecule has 27 heteroatoms. The minimum Gasteiger partial charge on any atom is -0.394 e. The molecule has 3 heterocycles. The molecule has 2 aromatic heterocycles. The zero-order valence-electron chi connectivity index (χ0n) is 17.9. The van der Waals surface area contributed by atoms with Crippen LogP contribution in [0.5, 0.6) is 0 Å². The van der Waals surface area contributed by atoms with Gasteiger partial charge in [-0.1, -0.05) is 0 Å². The van der Waals surface area contributed by atoms with E-state index in [-0.39, 0.29) is 17.0 Å². The maximum Gasteiger partial charge on any atom is 0.466 e. The molecule has 1 aliphatic rings. The van der Waals surface area contributed by atoms with Crippen molar-refractivity contribution in [2.45, 2.75) is 30.7 Å². The minimum atomic E-state index is -4.89. The van der Waals surface area contributed by atoms with E-state index >= 15 is 0 Å². The zero-order valence-corrected chi connectivity index (χ0v) is 20.6. The SMILES string of the molecule is Nc1ncnc2c1nc(C(F)(F)F)n2[C@@H]1O[C@H](CO)[C@@H](O)[C@H]1O.O=P(O)(O)O.O=P(O)(O)O.O=P(O)(O)O. The van der Waals surface area contributed by atoms with Crippen molar-refractivity contribution in [1.29, 1.82) is 0 Å². The van der Waals surface area contributed by atoms with Gasteiger partial charge in [0.1, 0.15) is 24.6 Å². The lowest BCUT2D eigenvalue weighted by Gasteiger charge is -2.20. The van der Waals surface area contributed by atoms with Gasteiger partial charge in [-0.3, -0.25) is 4.57 Å². The number of nitrogen functional groups attached to an aromatic ring is 1. The van der Waals surface area contributed by atoms with Crippen molar-refractivity contribution in [3.8, 4) is 0 Å². The van der Waals surface area contributed by atoms with Crippen LogP contribution in [-0.2, 0) is 24.6 Å². The first-order chi connectivity index (χ1) is 16.8. The van der Waals surface area contributed by atoms with Crippen LogP contribution in [0, 0.1) is 0 Å². The van der Waals surface area contributed by atoms with Gasteiger partial charge in [-0.2, -0.15) is 13.2 Å². The van der Waals surface area contributed by atoms with Crippen molar-refractivity contribution in [2.24, 2.45) is 0 Å². The summed E-state index contributed by atoms with van der Waals surface area (Å²) >= 11 is 0. The molecule has 0 bridgehead atoms. The molecule has 1 fully saturated rings. The number of ether oxygens (including phenoxy) is 1. The Kier molecular flexibility index (Phi) is 13.0. The monoisotopic (exact) mass is 629 g/mol. The van der Waals surface area contributed by atoms with Crippen molar-refractivity contribution in [2.75, 3.05) is 12.3 Å². The predicted octanol–water partition coefficient (Wildman–Crippen LogP) is -3.75. The van der Waals surface area contributed by atoms with Gasteiger partial charge in [-0.05, 0) is 0 Å². The number of aliphatic hydroxyl groups is 3. The molecule has 21 nitrogen and oxygen atoms in total. The lowest BCUT2D eigenvalue weighted by molar-refractivity contribution is -0.154. The van der Waals surface area contributed by atoms with Crippen molar-refractivity contribution >= 4 is 40.4 Å². The molecule has 0 radical (unpaired) electrons. The van der Waals surface area contributed by atoms with Crippen molar-refractivity contribution in [1.82, 2.24) is 19.5 Å². The Bertz CT molecular complexity index is 1120. The van der Waals surface area contributed by atoms with E-state index in [1.165, 1.54) is 0 Å². The molecule has 1 aliphatic heterocycles. The lowest BCUT2D eigenvalue weighted by atomic mass is 10.1. The Hall–Kier alpha value is -1.69. The summed E-state index contributed by atoms with van der Waals surface area (Å²) in [5.74, 6) is -1.68. The summed E-state index contributed by atoms with van der Waals surface area (Å²) in [6.07, 6.45) is -10.1. The fourth-order valence-corrected chi connectivity index (χ4v) is 2.46. The number of halogens is 3. The van der Waals surface area contributed by atoms with Gasteiger partial charge in [0.2, 0.25) is 5.82 Å². The highest BCUT2D eigenvalue weighted by molar-refractivity contribution is 7.45. The molecule has 1 saturated heterocycles. The quantitative estimate of drug-likeness (QED) is 0.142. The van der Waals surface area contributed by atoms with Crippen LogP contribution in [0.15, 0.2) is 6.33 Å². The molecule has 0 aliphatic carbocycles. The van der Waals surface area contributed by atoms with E-state index in [0.29, 0.717) is 4.57 Å². The van der Waals surface area contributed by atoms with Crippen LogP contribution in [0.1, 0.15) is 12.1 Å². The number of phosphoric acid groups is 3. The van der Waals surface area contributed by atoms with Gasteiger partial charge < -0.3 is 69.8 Å². The summed E-state index contributed by atoms with van der Waals surface area (Å²) in [7, 11) is -13.9. The summed E-state index contributed by atoms with van der Waals surface area (Å²) in [6.45, 7) is -0.681. The van der Waals surface area contributed by atoms with Crippen LogP contribution in [0.3, 0.4) is 0 Å². The highest BCUT2D eigenvalue weighted by Gasteiger charge is 2.48. The smallest absolute Gasteiger partial charge is 0.394 e. The van der Waals surface area contributed by atoms with E-state index in [9.17, 15) is 23.4 Å². The molecule has 0 amide bonds. The van der Waals surface area contributed by atoms with Gasteiger partial charge in [-0.15, -0.1) is 0 Å². The minimum absolute atomic E-state index is 0.272. The van der Waals surface area contributed by atoms with Crippen LogP contribution >= 0.6 is 23.5 Å². The number of alkyl halides is 3. The van der Waals surface area contributed by atoms with Crippen molar-refractivity contribution < 1.29 is 91.0 Å². The topological polar surface area (TPSA) is 373 Å². The summed E-state index contributed by atoms with van der Waals surface area (Å²) in [5, 5.41) is 28.8. The fourth-order valence-electron chi connectivity index (χ4n) is 2.46. The molecule has 3 rings (SSSR count). The highest BCUT2D eigenvalue weighted by atomic mass is 31.2. The maximum atomic E-state index is 13.3. The second kappa shape index (κ2) is 13.6. The van der Waals surface area contributed by atoms with Crippen LogP contribution < -0.4 is 5.73 Å². The standard InChI is InChI=1S/C11H12F3N5O4.3H3O4P/c12-11(13,14)10-18-4-7(15)16-2-17-8(4)19(10)9-6(22)5(21)3(1-20)23-9;3*1-5(2,3)4/h2-3,5-6,9,20-22H,1H2,(H2,15,16,17);3*(H3,1,2,3,4)/t3-,5-,6-,9-;;;/m1.../s1. The van der Waals surface area contributed by atoms with Crippen LogP contribution in [0.2, 0.25) is 0 Å². The molecular formula is C11H21F3N5O16P3.